The number of aryl methyl sites for hydroxylation is 1. The summed E-state index contributed by atoms with van der Waals surface area (Å²) < 4.78 is 12.8. The molecule has 6 heteroatoms. The normalized spacial score (nSPS) is 14.0. The van der Waals surface area contributed by atoms with Gasteiger partial charge in [-0.3, -0.25) is 0 Å². The lowest BCUT2D eigenvalue weighted by molar-refractivity contribution is 0.263. The predicted octanol–water partition coefficient (Wildman–Crippen LogP) is 6.80. The topological polar surface area (TPSA) is 47.1 Å². The Morgan fingerprint density at radius 1 is 0.852 bits per heavy atom. The van der Waals surface area contributed by atoms with Crippen LogP contribution in [-0.2, 0) is 28.5 Å². The van der Waals surface area contributed by atoms with Gasteiger partial charge in [-0.15, -0.1) is 0 Å². The fourth-order valence-electron chi connectivity index (χ4n) is 2.18. The molecule has 4 nitrogen and oxygen atoms in total. The third-order valence-electron chi connectivity index (χ3n) is 6.44. The maximum absolute atomic E-state index is 6.45. The van der Waals surface area contributed by atoms with E-state index in [0.717, 1.165) is 30.1 Å². The van der Waals surface area contributed by atoms with Crippen LogP contribution in [0.2, 0.25) is 36.3 Å². The van der Waals surface area contributed by atoms with Gasteiger partial charge in [-0.2, -0.15) is 0 Å². The highest BCUT2D eigenvalue weighted by molar-refractivity contribution is 6.74. The number of unbranched alkanes of at least 4 members (excludes halogenated alkanes) is 1. The molecule has 1 rings (SSSR count). The van der Waals surface area contributed by atoms with Crippen LogP contribution in [0.5, 0.6) is 0 Å². The number of hydrogen-bond donors (Lipinski definition) is 1. The first kappa shape index (κ1) is 24.6. The van der Waals surface area contributed by atoms with E-state index in [1.165, 1.54) is 6.42 Å². The summed E-state index contributed by atoms with van der Waals surface area (Å²) in [5.74, 6) is 0.944. The van der Waals surface area contributed by atoms with Gasteiger partial charge in [0.15, 0.2) is 16.6 Å². The number of nitrogens with one attached hydrogen (secondary N) is 1. The quantitative estimate of drug-likeness (QED) is 0.454. The third-order valence-corrected chi connectivity index (χ3v) is 15.4. The highest BCUT2D eigenvalue weighted by Crippen LogP contribution is 2.38. The highest BCUT2D eigenvalue weighted by Gasteiger charge is 2.38. The van der Waals surface area contributed by atoms with Crippen LogP contribution >= 0.6 is 0 Å². The van der Waals surface area contributed by atoms with Gasteiger partial charge in [0.1, 0.15) is 5.82 Å². The zero-order valence-corrected chi connectivity index (χ0v) is 21.8. The second kappa shape index (κ2) is 8.93. The van der Waals surface area contributed by atoms with E-state index >= 15 is 0 Å². The Hall–Kier alpha value is -0.436. The largest absolute Gasteiger partial charge is 0.411 e. The zero-order valence-electron chi connectivity index (χ0n) is 19.8. The average Bonchev–Trinajstić information content (AvgIpc) is 2.89. The van der Waals surface area contributed by atoms with Crippen molar-refractivity contribution < 1.29 is 8.85 Å². The lowest BCUT2D eigenvalue weighted by Gasteiger charge is -2.36. The van der Waals surface area contributed by atoms with Gasteiger partial charge in [-0.1, -0.05) is 54.9 Å². The summed E-state index contributed by atoms with van der Waals surface area (Å²) in [5, 5.41) is 0.420. The summed E-state index contributed by atoms with van der Waals surface area (Å²) in [7, 11) is -3.56. The number of aromatic nitrogens is 2. The molecule has 158 valence electrons. The van der Waals surface area contributed by atoms with E-state index < -0.39 is 16.6 Å². The monoisotopic (exact) mass is 412 g/mol. The Balaban J connectivity index is 2.91. The van der Waals surface area contributed by atoms with Crippen LogP contribution in [0.4, 0.5) is 0 Å². The molecular weight excluding hydrogens is 368 g/mol. The molecule has 1 heterocycles. The summed E-state index contributed by atoms with van der Waals surface area (Å²) in [5.41, 5.74) is 2.30. The first-order valence-electron chi connectivity index (χ1n) is 10.5. The fourth-order valence-corrected chi connectivity index (χ4v) is 4.05. The number of imidazole rings is 1. The SMILES string of the molecule is CCCCc1nc(CO[Si](C)(C)C(C)(C)C)[nH]c1CO[Si](C)(C)C(C)(C)C. The highest BCUT2D eigenvalue weighted by atomic mass is 28.4. The van der Waals surface area contributed by atoms with Crippen LogP contribution < -0.4 is 0 Å². The number of H-pyrrole nitrogens is 1. The summed E-state index contributed by atoms with van der Waals surface area (Å²) in [6.45, 7) is 26.2. The van der Waals surface area contributed by atoms with Crippen molar-refractivity contribution in [2.24, 2.45) is 0 Å². The van der Waals surface area contributed by atoms with Crippen molar-refractivity contribution in [1.82, 2.24) is 9.97 Å². The second-order valence-corrected chi connectivity index (χ2v) is 20.4. The van der Waals surface area contributed by atoms with E-state index in [9.17, 15) is 0 Å². The maximum Gasteiger partial charge on any atom is 0.192 e. The van der Waals surface area contributed by atoms with E-state index in [1.807, 2.05) is 0 Å². The molecule has 0 amide bonds. The Bertz CT molecular complexity index is 596. The molecule has 0 radical (unpaired) electrons. The van der Waals surface area contributed by atoms with Gasteiger partial charge in [0.2, 0.25) is 0 Å². The minimum atomic E-state index is -1.78. The van der Waals surface area contributed by atoms with Crippen LogP contribution in [-0.4, -0.2) is 26.6 Å². The van der Waals surface area contributed by atoms with E-state index in [0.29, 0.717) is 13.2 Å². The van der Waals surface area contributed by atoms with Crippen molar-refractivity contribution in [3.05, 3.63) is 17.2 Å². The molecule has 0 saturated heterocycles. The maximum atomic E-state index is 6.45. The molecule has 0 bridgehead atoms. The van der Waals surface area contributed by atoms with Crippen molar-refractivity contribution in [3.8, 4) is 0 Å². The van der Waals surface area contributed by atoms with E-state index in [2.05, 4.69) is 79.6 Å². The van der Waals surface area contributed by atoms with E-state index in [1.54, 1.807) is 0 Å². The van der Waals surface area contributed by atoms with Crippen LogP contribution in [0.3, 0.4) is 0 Å². The van der Waals surface area contributed by atoms with Crippen molar-refractivity contribution in [2.75, 3.05) is 0 Å². The Morgan fingerprint density at radius 2 is 1.33 bits per heavy atom. The Morgan fingerprint density at radius 3 is 1.78 bits per heavy atom. The number of nitrogens with zero attached hydrogens (tertiary/aromatic N) is 1. The van der Waals surface area contributed by atoms with Crippen LogP contribution in [0.1, 0.15) is 78.5 Å². The molecule has 0 fully saturated rings. The molecule has 0 aliphatic heterocycles. The zero-order chi connectivity index (χ0) is 21.1. The van der Waals surface area contributed by atoms with Gasteiger partial charge >= 0.3 is 0 Å². The minimum Gasteiger partial charge on any atom is -0.411 e. The van der Waals surface area contributed by atoms with Gasteiger partial charge < -0.3 is 13.8 Å². The Labute approximate surface area is 170 Å². The van der Waals surface area contributed by atoms with Crippen molar-refractivity contribution >= 4 is 16.6 Å². The van der Waals surface area contributed by atoms with Gasteiger partial charge in [0, 0.05) is 0 Å². The lowest BCUT2D eigenvalue weighted by atomic mass is 10.2. The molecule has 0 atom stereocenters. The summed E-state index contributed by atoms with van der Waals surface area (Å²) in [6.07, 6.45) is 3.33. The van der Waals surface area contributed by atoms with Crippen molar-refractivity contribution in [3.63, 3.8) is 0 Å². The molecule has 0 aliphatic rings. The van der Waals surface area contributed by atoms with Crippen LogP contribution in [0.15, 0.2) is 0 Å². The Kier molecular flexibility index (Phi) is 8.14. The molecule has 0 unspecified atom stereocenters. The van der Waals surface area contributed by atoms with Crippen molar-refractivity contribution in [2.45, 2.75) is 117 Å². The van der Waals surface area contributed by atoms with Gasteiger partial charge in [0.05, 0.1) is 24.6 Å². The molecule has 0 saturated carbocycles. The molecule has 0 spiro atoms. The smallest absolute Gasteiger partial charge is 0.192 e. The van der Waals surface area contributed by atoms with Gasteiger partial charge in [0.25, 0.3) is 0 Å². The van der Waals surface area contributed by atoms with Gasteiger partial charge in [-0.05, 0) is 49.1 Å². The van der Waals surface area contributed by atoms with Crippen LogP contribution in [0.25, 0.3) is 0 Å². The number of rotatable bonds is 9. The molecule has 1 N–H and O–H groups in total. The molecule has 1 aromatic heterocycles. The van der Waals surface area contributed by atoms with E-state index in [4.69, 9.17) is 13.8 Å². The summed E-state index contributed by atoms with van der Waals surface area (Å²) in [4.78, 5) is 8.39. The molecule has 1 aromatic rings. The van der Waals surface area contributed by atoms with Gasteiger partial charge in [-0.25, -0.2) is 4.98 Å². The predicted molar refractivity (Wildman–Crippen MR) is 121 cm³/mol. The summed E-state index contributed by atoms with van der Waals surface area (Å²) >= 11 is 0. The number of hydrogen-bond acceptors (Lipinski definition) is 3. The van der Waals surface area contributed by atoms with Crippen molar-refractivity contribution in [1.29, 1.82) is 0 Å². The summed E-state index contributed by atoms with van der Waals surface area (Å²) in [6, 6.07) is 0. The second-order valence-electron chi connectivity index (χ2n) is 10.8. The lowest BCUT2D eigenvalue weighted by Crippen LogP contribution is -2.40. The molecular formula is C21H44N2O2Si2. The fraction of sp³-hybridized carbons (Fsp3) is 0.857. The van der Waals surface area contributed by atoms with E-state index in [-0.39, 0.29) is 10.1 Å². The average molecular weight is 413 g/mol. The standard InChI is InChI=1S/C21H44N2O2Si2/c1-12-13-14-17-18(15-24-26(8,9)20(2,3)4)23-19(22-17)16-25-27(10,11)21(5,6)7/h12-16H2,1-11H3,(H,22,23). The number of aromatic amines is 1. The first-order valence-corrected chi connectivity index (χ1v) is 16.3. The molecule has 0 aliphatic carbocycles. The molecule has 0 aromatic carbocycles. The molecule has 27 heavy (non-hydrogen) atoms. The third kappa shape index (κ3) is 6.84. The first-order chi connectivity index (χ1) is 12.1. The minimum absolute atomic E-state index is 0.207. The van der Waals surface area contributed by atoms with Crippen LogP contribution in [0, 0.1) is 0 Å².